The molecule has 1 N–H and O–H groups in total. The first kappa shape index (κ1) is 22.9. The van der Waals surface area contributed by atoms with E-state index in [0.29, 0.717) is 54.9 Å². The number of fused-ring (bicyclic) bond motifs is 1. The van der Waals surface area contributed by atoms with Gasteiger partial charge < -0.3 is 10.1 Å². The third-order valence-electron chi connectivity index (χ3n) is 5.90. The quantitative estimate of drug-likeness (QED) is 0.575. The Morgan fingerprint density at radius 3 is 2.38 bits per heavy atom. The second kappa shape index (κ2) is 9.06. The topological polar surface area (TPSA) is 111 Å². The smallest absolute Gasteiger partial charge is 0.256 e. The number of sulfonamides is 1. The van der Waals surface area contributed by atoms with Gasteiger partial charge in [-0.15, -0.1) is 0 Å². The lowest BCUT2D eigenvalue weighted by atomic mass is 10.2. The molecule has 1 saturated heterocycles. The number of aromatic nitrogens is 2. The van der Waals surface area contributed by atoms with Crippen LogP contribution in [0.3, 0.4) is 0 Å². The van der Waals surface area contributed by atoms with Crippen molar-refractivity contribution in [1.82, 2.24) is 14.1 Å². The first-order valence-corrected chi connectivity index (χ1v) is 13.8. The summed E-state index contributed by atoms with van der Waals surface area (Å²) in [5, 5.41) is 7.51. The highest BCUT2D eigenvalue weighted by Crippen LogP contribution is 2.32. The van der Waals surface area contributed by atoms with Crippen LogP contribution in [-0.2, 0) is 37.1 Å². The number of anilines is 1. The highest BCUT2D eigenvalue weighted by Gasteiger charge is 2.29. The van der Waals surface area contributed by atoms with E-state index >= 15 is 0 Å². The summed E-state index contributed by atoms with van der Waals surface area (Å²) in [5.41, 5.74) is 3.67. The third kappa shape index (κ3) is 4.31. The number of carbonyl (C=O) groups is 1. The van der Waals surface area contributed by atoms with Gasteiger partial charge in [0.15, 0.2) is 0 Å². The summed E-state index contributed by atoms with van der Waals surface area (Å²) >= 11 is 0. The highest BCUT2D eigenvalue weighted by atomic mass is 32.2. The normalized spacial score (nSPS) is 18.6. The van der Waals surface area contributed by atoms with Gasteiger partial charge in [0, 0.05) is 35.0 Å². The van der Waals surface area contributed by atoms with Crippen molar-refractivity contribution < 1.29 is 22.2 Å². The van der Waals surface area contributed by atoms with Gasteiger partial charge in [0.1, 0.15) is 5.82 Å². The summed E-state index contributed by atoms with van der Waals surface area (Å²) < 4.78 is 46.1. The highest BCUT2D eigenvalue weighted by molar-refractivity contribution is 7.89. The summed E-state index contributed by atoms with van der Waals surface area (Å²) in [7, 11) is -4.69. The Kier molecular flexibility index (Phi) is 6.11. The van der Waals surface area contributed by atoms with Crippen LogP contribution in [0.25, 0.3) is 5.69 Å². The summed E-state index contributed by atoms with van der Waals surface area (Å²) in [4.78, 5) is 13.2. The molecule has 3 heterocycles. The molecule has 0 unspecified atom stereocenters. The fourth-order valence-corrected chi connectivity index (χ4v) is 6.70. The van der Waals surface area contributed by atoms with E-state index in [0.717, 1.165) is 16.8 Å². The van der Waals surface area contributed by atoms with Gasteiger partial charge in [-0.2, -0.15) is 9.40 Å². The number of carbonyl (C=O) groups excluding carboxylic acids is 1. The number of morpholine rings is 1. The molecule has 3 aromatic rings. The lowest BCUT2D eigenvalue weighted by molar-refractivity contribution is 0.0730. The molecular formula is C23H24N4O5S2. The number of hydrogen-bond acceptors (Lipinski definition) is 6. The van der Waals surface area contributed by atoms with E-state index in [9.17, 15) is 17.4 Å². The Balaban J connectivity index is 1.41. The zero-order valence-corrected chi connectivity index (χ0v) is 20.2. The van der Waals surface area contributed by atoms with Crippen molar-refractivity contribution >= 4 is 32.5 Å². The number of aryl methyl sites for hydroxylation is 1. The molecule has 1 aromatic heterocycles. The Morgan fingerprint density at radius 1 is 1.03 bits per heavy atom. The maximum atomic E-state index is 13.1. The van der Waals surface area contributed by atoms with Crippen LogP contribution < -0.4 is 5.32 Å². The minimum absolute atomic E-state index is 0.131. The van der Waals surface area contributed by atoms with Crippen molar-refractivity contribution in [2.75, 3.05) is 31.6 Å². The molecule has 0 aliphatic carbocycles. The molecule has 34 heavy (non-hydrogen) atoms. The fraction of sp³-hybridized carbons (Fsp3) is 0.304. The molecule has 1 atom stereocenters. The number of rotatable bonds is 5. The minimum atomic E-state index is -3.64. The van der Waals surface area contributed by atoms with Crippen molar-refractivity contribution in [2.45, 2.75) is 23.3 Å². The van der Waals surface area contributed by atoms with Gasteiger partial charge >= 0.3 is 0 Å². The summed E-state index contributed by atoms with van der Waals surface area (Å²) in [6.07, 6.45) is 0. The zero-order chi connectivity index (χ0) is 23.9. The van der Waals surface area contributed by atoms with Gasteiger partial charge in [-0.3, -0.25) is 9.00 Å². The van der Waals surface area contributed by atoms with Gasteiger partial charge in [-0.25, -0.2) is 13.1 Å². The largest absolute Gasteiger partial charge is 0.379 e. The molecule has 0 radical (unpaired) electrons. The van der Waals surface area contributed by atoms with Gasteiger partial charge in [0.05, 0.1) is 41.0 Å². The SMILES string of the molecule is Cc1ccc(-n2nc3c(c2NC(=O)c2ccc(S(=O)(=O)N4CCOCC4)cc2)C[S@@](=O)C3)cc1. The van der Waals surface area contributed by atoms with Crippen molar-refractivity contribution in [3.8, 4) is 5.69 Å². The second-order valence-electron chi connectivity index (χ2n) is 8.24. The number of benzene rings is 2. The van der Waals surface area contributed by atoms with Crippen LogP contribution >= 0.6 is 0 Å². The maximum Gasteiger partial charge on any atom is 0.256 e. The molecule has 0 saturated carbocycles. The van der Waals surface area contributed by atoms with E-state index in [1.807, 2.05) is 31.2 Å². The molecule has 2 aliphatic heterocycles. The standard InChI is InChI=1S/C23H24N4O5S2/c1-16-2-6-18(7-3-16)27-22(20-14-33(29)15-21(20)25-27)24-23(28)17-4-8-19(9-5-17)34(30,31)26-10-12-32-13-11-26/h2-9H,10-15H2,1H3,(H,24,28)/t33-/m1/s1. The summed E-state index contributed by atoms with van der Waals surface area (Å²) in [6.45, 7) is 3.33. The van der Waals surface area contributed by atoms with E-state index < -0.39 is 26.7 Å². The Bertz CT molecular complexity index is 1360. The van der Waals surface area contributed by atoms with Crippen molar-refractivity contribution in [3.63, 3.8) is 0 Å². The van der Waals surface area contributed by atoms with E-state index in [2.05, 4.69) is 10.4 Å². The monoisotopic (exact) mass is 500 g/mol. The van der Waals surface area contributed by atoms with Gasteiger partial charge in [-0.05, 0) is 43.3 Å². The summed E-state index contributed by atoms with van der Waals surface area (Å²) in [6, 6.07) is 13.6. The molecule has 178 valence electrons. The second-order valence-corrected chi connectivity index (χ2v) is 11.6. The lowest BCUT2D eigenvalue weighted by Crippen LogP contribution is -2.40. The number of amides is 1. The molecule has 1 amide bonds. The maximum absolute atomic E-state index is 13.1. The number of hydrogen-bond donors (Lipinski definition) is 1. The van der Waals surface area contributed by atoms with Crippen molar-refractivity contribution in [1.29, 1.82) is 0 Å². The number of ether oxygens (including phenoxy) is 1. The van der Waals surface area contributed by atoms with E-state index in [1.165, 1.54) is 28.6 Å². The van der Waals surface area contributed by atoms with Crippen LogP contribution in [0.4, 0.5) is 5.82 Å². The van der Waals surface area contributed by atoms with Crippen LogP contribution in [0.1, 0.15) is 27.2 Å². The minimum Gasteiger partial charge on any atom is -0.379 e. The van der Waals surface area contributed by atoms with Crippen LogP contribution in [0.5, 0.6) is 0 Å². The van der Waals surface area contributed by atoms with Gasteiger partial charge in [0.25, 0.3) is 5.91 Å². The molecule has 0 bridgehead atoms. The van der Waals surface area contributed by atoms with E-state index in [1.54, 1.807) is 4.68 Å². The molecule has 11 heteroatoms. The van der Waals surface area contributed by atoms with E-state index in [-0.39, 0.29) is 4.90 Å². The third-order valence-corrected chi connectivity index (χ3v) is 9.02. The van der Waals surface area contributed by atoms with Crippen LogP contribution in [0.15, 0.2) is 53.4 Å². The lowest BCUT2D eigenvalue weighted by Gasteiger charge is -2.26. The number of nitrogens with one attached hydrogen (secondary N) is 1. The fourth-order valence-electron chi connectivity index (χ4n) is 4.02. The average molecular weight is 501 g/mol. The zero-order valence-electron chi connectivity index (χ0n) is 18.6. The molecule has 0 spiro atoms. The Hall–Kier alpha value is -2.86. The molecule has 5 rings (SSSR count). The average Bonchev–Trinajstić information content (AvgIpc) is 3.37. The Labute approximate surface area is 200 Å². The van der Waals surface area contributed by atoms with E-state index in [4.69, 9.17) is 4.74 Å². The van der Waals surface area contributed by atoms with Crippen LogP contribution in [0, 0.1) is 6.92 Å². The van der Waals surface area contributed by atoms with Crippen LogP contribution in [0.2, 0.25) is 0 Å². The van der Waals surface area contributed by atoms with Gasteiger partial charge in [-0.1, -0.05) is 17.7 Å². The predicted molar refractivity (Wildman–Crippen MR) is 128 cm³/mol. The first-order valence-electron chi connectivity index (χ1n) is 10.8. The van der Waals surface area contributed by atoms with Crippen LogP contribution in [-0.4, -0.2) is 58.9 Å². The van der Waals surface area contributed by atoms with Gasteiger partial charge in [0.2, 0.25) is 10.0 Å². The number of nitrogens with zero attached hydrogens (tertiary/aromatic N) is 3. The Morgan fingerprint density at radius 2 is 1.71 bits per heavy atom. The molecule has 2 aliphatic rings. The molecule has 1 fully saturated rings. The summed E-state index contributed by atoms with van der Waals surface area (Å²) in [5.74, 6) is 0.766. The molecule has 9 nitrogen and oxygen atoms in total. The van der Waals surface area contributed by atoms with Crippen molar-refractivity contribution in [3.05, 3.63) is 70.9 Å². The molecular weight excluding hydrogens is 476 g/mol. The molecule has 2 aromatic carbocycles. The first-order chi connectivity index (χ1) is 16.3. The van der Waals surface area contributed by atoms with Crippen molar-refractivity contribution in [2.24, 2.45) is 0 Å². The predicted octanol–water partition coefficient (Wildman–Crippen LogP) is 2.22.